The maximum Gasteiger partial charge on any atom is 0.303 e. The fourth-order valence-corrected chi connectivity index (χ4v) is 2.62. The number of esters is 3. The van der Waals surface area contributed by atoms with Crippen molar-refractivity contribution in [1.29, 1.82) is 0 Å². The van der Waals surface area contributed by atoms with Gasteiger partial charge in [-0.25, -0.2) is 0 Å². The topological polar surface area (TPSA) is 117 Å². The average molecular weight is 366 g/mol. The first kappa shape index (κ1) is 15.7. The quantitative estimate of drug-likeness (QED) is 0.382. The van der Waals surface area contributed by atoms with Gasteiger partial charge in [0, 0.05) is 31.7 Å². The monoisotopic (exact) mass is 366 g/mol. The van der Waals surface area contributed by atoms with E-state index in [0.717, 1.165) is 20.8 Å². The minimum Gasteiger partial charge on any atom is -0.463 e. The average Bonchev–Trinajstić information content (AvgIpc) is 2.49. The van der Waals surface area contributed by atoms with E-state index in [-0.39, 0.29) is 6.61 Å². The van der Waals surface area contributed by atoms with Gasteiger partial charge in [0.15, 0.2) is 12.2 Å². The first-order chi connectivity index (χ1) is 12.3. The van der Waals surface area contributed by atoms with Crippen LogP contribution in [0.25, 0.3) is 0 Å². The number of carbonyl (C=O) groups excluding carboxylic acids is 4. The molecule has 0 aromatic heterocycles. The van der Waals surface area contributed by atoms with Crippen molar-refractivity contribution in [3.63, 3.8) is 0 Å². The van der Waals surface area contributed by atoms with E-state index in [0.29, 0.717) is 0 Å². The highest BCUT2D eigenvalue weighted by Gasteiger charge is 2.49. The molecule has 0 spiro atoms. The van der Waals surface area contributed by atoms with Crippen LogP contribution in [0, 0.1) is 0 Å². The van der Waals surface area contributed by atoms with Gasteiger partial charge in [-0.15, -0.1) is 12.6 Å². The SMILES string of the molecule is [2H]C([2H])([2H])C(=O)N[C@@H]1[C@@H](OC(C)=O)[C@H](OC(C)=O)[C@@H](COC(C)=O)O[C@@H]1S. The van der Waals surface area contributed by atoms with Gasteiger partial charge < -0.3 is 24.3 Å². The molecule has 0 unspecified atom stereocenters. The third-order valence-corrected chi connectivity index (χ3v) is 3.46. The van der Waals surface area contributed by atoms with Gasteiger partial charge in [-0.2, -0.15) is 0 Å². The molecule has 136 valence electrons. The molecule has 1 aliphatic rings. The van der Waals surface area contributed by atoms with Gasteiger partial charge in [0.25, 0.3) is 0 Å². The Bertz CT molecular complexity index is 599. The molecule has 0 radical (unpaired) electrons. The lowest BCUT2D eigenvalue weighted by Crippen LogP contribution is -2.64. The highest BCUT2D eigenvalue weighted by Crippen LogP contribution is 2.28. The van der Waals surface area contributed by atoms with E-state index < -0.39 is 60.5 Å². The van der Waals surface area contributed by atoms with Crippen LogP contribution in [0.5, 0.6) is 0 Å². The summed E-state index contributed by atoms with van der Waals surface area (Å²) in [6.07, 6.45) is -3.67. The fraction of sp³-hybridized carbons (Fsp3) is 0.714. The lowest BCUT2D eigenvalue weighted by Gasteiger charge is -2.43. The predicted octanol–water partition coefficient (Wildman–Crippen LogP) is -0.428. The zero-order chi connectivity index (χ0) is 20.9. The third kappa shape index (κ3) is 6.00. The van der Waals surface area contributed by atoms with Crippen LogP contribution in [0.15, 0.2) is 0 Å². The second-order valence-electron chi connectivity index (χ2n) is 5.02. The Hall–Kier alpha value is -1.81. The van der Waals surface area contributed by atoms with Crippen LogP contribution < -0.4 is 5.32 Å². The van der Waals surface area contributed by atoms with E-state index in [1.54, 1.807) is 0 Å². The first-order valence-electron chi connectivity index (χ1n) is 8.45. The van der Waals surface area contributed by atoms with Crippen molar-refractivity contribution >= 4 is 36.4 Å². The first-order valence-corrected chi connectivity index (χ1v) is 7.47. The summed E-state index contributed by atoms with van der Waals surface area (Å²) in [5.74, 6) is -3.49. The van der Waals surface area contributed by atoms with E-state index in [9.17, 15) is 19.2 Å². The van der Waals surface area contributed by atoms with Crippen molar-refractivity contribution in [3.8, 4) is 0 Å². The molecule has 10 heteroatoms. The van der Waals surface area contributed by atoms with Gasteiger partial charge >= 0.3 is 17.9 Å². The van der Waals surface area contributed by atoms with Crippen molar-refractivity contribution in [2.45, 2.75) is 57.4 Å². The Morgan fingerprint density at radius 1 is 1.08 bits per heavy atom. The predicted molar refractivity (Wildman–Crippen MR) is 83.0 cm³/mol. The van der Waals surface area contributed by atoms with E-state index in [1.807, 2.05) is 0 Å². The fourth-order valence-electron chi connectivity index (χ4n) is 2.22. The Morgan fingerprint density at radius 2 is 1.67 bits per heavy atom. The second-order valence-corrected chi connectivity index (χ2v) is 5.52. The zero-order valence-electron chi connectivity index (χ0n) is 16.3. The van der Waals surface area contributed by atoms with Crippen LogP contribution >= 0.6 is 12.6 Å². The third-order valence-electron chi connectivity index (χ3n) is 3.02. The molecule has 0 bridgehead atoms. The number of hydrogen-bond donors (Lipinski definition) is 2. The molecule has 24 heavy (non-hydrogen) atoms. The standard InChI is InChI=1S/C14H21NO8S/c1-6(16)15-11-13(22-9(4)19)12(21-8(3)18)10(23-14(11)24)5-20-7(2)17/h10-14,24H,5H2,1-4H3,(H,15,16)/t10-,11-,12-,13-,14-/m1/s1/i1D3. The minimum absolute atomic E-state index is 0.345. The summed E-state index contributed by atoms with van der Waals surface area (Å²) < 4.78 is 42.1. The number of amides is 1. The highest BCUT2D eigenvalue weighted by molar-refractivity contribution is 7.80. The van der Waals surface area contributed by atoms with Crippen LogP contribution in [-0.2, 0) is 38.1 Å². The second kappa shape index (κ2) is 8.88. The molecule has 9 nitrogen and oxygen atoms in total. The van der Waals surface area contributed by atoms with Gasteiger partial charge in [-0.3, -0.25) is 19.2 Å². The minimum atomic E-state index is -2.97. The summed E-state index contributed by atoms with van der Waals surface area (Å²) in [7, 11) is 0. The molecule has 0 aromatic carbocycles. The molecule has 0 aliphatic carbocycles. The van der Waals surface area contributed by atoms with Gasteiger partial charge in [-0.05, 0) is 0 Å². The molecule has 5 atom stereocenters. The van der Waals surface area contributed by atoms with E-state index in [4.69, 9.17) is 23.1 Å². The van der Waals surface area contributed by atoms with Crippen molar-refractivity contribution in [1.82, 2.24) is 5.32 Å². The maximum atomic E-state index is 11.9. The van der Waals surface area contributed by atoms with Crippen LogP contribution in [0.4, 0.5) is 0 Å². The molecule has 1 aliphatic heterocycles. The van der Waals surface area contributed by atoms with E-state index in [2.05, 4.69) is 17.9 Å². The Labute approximate surface area is 148 Å². The van der Waals surface area contributed by atoms with Gasteiger partial charge in [0.2, 0.25) is 5.91 Å². The van der Waals surface area contributed by atoms with Crippen molar-refractivity contribution in [2.75, 3.05) is 6.61 Å². The molecule has 1 amide bonds. The summed E-state index contributed by atoms with van der Waals surface area (Å²) in [6, 6.07) is -1.25. The number of thiol groups is 1. The lowest BCUT2D eigenvalue weighted by molar-refractivity contribution is -0.211. The van der Waals surface area contributed by atoms with Crippen LogP contribution in [0.1, 0.15) is 31.7 Å². The van der Waals surface area contributed by atoms with E-state index >= 15 is 0 Å². The number of ether oxygens (including phenoxy) is 4. The van der Waals surface area contributed by atoms with Crippen molar-refractivity contribution < 1.29 is 42.2 Å². The summed E-state index contributed by atoms with van der Waals surface area (Å²) in [4.78, 5) is 45.9. The molecule has 1 heterocycles. The Kier molecular flexibility index (Phi) is 5.81. The molecular formula is C14H21NO8S. The summed E-state index contributed by atoms with van der Waals surface area (Å²) in [6.45, 7) is 0.0145. The van der Waals surface area contributed by atoms with Crippen LogP contribution in [-0.4, -0.2) is 60.2 Å². The highest BCUT2D eigenvalue weighted by atomic mass is 32.1. The zero-order valence-corrected chi connectivity index (χ0v) is 14.2. The Morgan fingerprint density at radius 3 is 2.17 bits per heavy atom. The van der Waals surface area contributed by atoms with Gasteiger partial charge in [-0.1, -0.05) is 0 Å². The number of nitrogens with one attached hydrogen (secondary N) is 1. The molecule has 0 aromatic rings. The van der Waals surface area contributed by atoms with E-state index in [1.165, 1.54) is 0 Å². The van der Waals surface area contributed by atoms with Crippen molar-refractivity contribution in [2.24, 2.45) is 0 Å². The molecule has 1 N–H and O–H groups in total. The largest absolute Gasteiger partial charge is 0.463 e. The summed E-state index contributed by atoms with van der Waals surface area (Å²) in [5.41, 5.74) is -1.15. The molecule has 1 rings (SSSR count). The smallest absolute Gasteiger partial charge is 0.303 e. The number of rotatable bonds is 5. The van der Waals surface area contributed by atoms with Crippen LogP contribution in [0.2, 0.25) is 0 Å². The molecule has 1 fully saturated rings. The van der Waals surface area contributed by atoms with Gasteiger partial charge in [0.1, 0.15) is 24.2 Å². The number of carbonyl (C=O) groups is 4. The Balaban J connectivity index is 3.18. The molecule has 0 saturated carbocycles. The van der Waals surface area contributed by atoms with Crippen molar-refractivity contribution in [3.05, 3.63) is 0 Å². The maximum absolute atomic E-state index is 11.9. The normalized spacial score (nSPS) is 31.7. The molecule has 1 saturated heterocycles. The lowest BCUT2D eigenvalue weighted by atomic mass is 9.97. The van der Waals surface area contributed by atoms with Gasteiger partial charge in [0.05, 0.1) is 0 Å². The summed E-state index contributed by atoms with van der Waals surface area (Å²) >= 11 is 4.15. The number of hydrogen-bond acceptors (Lipinski definition) is 9. The summed E-state index contributed by atoms with van der Waals surface area (Å²) in [5, 5.41) is 2.17. The van der Waals surface area contributed by atoms with Crippen LogP contribution in [0.3, 0.4) is 0 Å². The molecular weight excluding hydrogens is 342 g/mol.